The normalized spacial score (nSPS) is 20.8. The van der Waals surface area contributed by atoms with Crippen molar-refractivity contribution in [3.05, 3.63) is 143 Å². The van der Waals surface area contributed by atoms with Crippen LogP contribution in [0.4, 0.5) is 4.79 Å². The third kappa shape index (κ3) is 6.61. The maximum atomic E-state index is 14.7. The fourth-order valence-electron chi connectivity index (χ4n) is 5.39. The molecule has 7 nitrogen and oxygen atoms in total. The van der Waals surface area contributed by atoms with Gasteiger partial charge in [-0.1, -0.05) is 109 Å². The van der Waals surface area contributed by atoms with Crippen LogP contribution in [0.25, 0.3) is 0 Å². The van der Waals surface area contributed by atoms with E-state index in [1.165, 1.54) is 0 Å². The van der Waals surface area contributed by atoms with E-state index in [1.54, 1.807) is 34.1 Å². The highest BCUT2D eigenvalue weighted by atomic mass is 31.2. The van der Waals surface area contributed by atoms with Gasteiger partial charge in [0.25, 0.3) is 0 Å². The van der Waals surface area contributed by atoms with Crippen molar-refractivity contribution in [3.63, 3.8) is 0 Å². The van der Waals surface area contributed by atoms with Gasteiger partial charge >= 0.3 is 6.03 Å². The van der Waals surface area contributed by atoms with Gasteiger partial charge in [0.05, 0.1) is 13.2 Å². The van der Waals surface area contributed by atoms with Crippen LogP contribution >= 0.6 is 7.37 Å². The van der Waals surface area contributed by atoms with Crippen LogP contribution in [0.15, 0.2) is 109 Å². The third-order valence-corrected chi connectivity index (χ3v) is 10.3. The number of aliphatic hydroxyl groups excluding tert-OH is 2. The monoisotopic (exact) mass is 570 g/mol. The lowest BCUT2D eigenvalue weighted by Gasteiger charge is -2.49. The van der Waals surface area contributed by atoms with Crippen LogP contribution in [-0.2, 0) is 43.7 Å². The number of rotatable bonds is 10. The molecule has 212 valence electrons. The molecule has 5 rings (SSSR count). The molecule has 0 spiro atoms. The summed E-state index contributed by atoms with van der Waals surface area (Å²) in [5.74, 6) is -1.84. The van der Waals surface area contributed by atoms with Gasteiger partial charge < -0.3 is 24.9 Å². The van der Waals surface area contributed by atoms with Crippen molar-refractivity contribution in [2.75, 3.05) is 0 Å². The maximum Gasteiger partial charge on any atom is 0.322 e. The van der Waals surface area contributed by atoms with Crippen LogP contribution < -0.4 is 0 Å². The number of benzene rings is 4. The predicted molar refractivity (Wildman–Crippen MR) is 159 cm³/mol. The summed E-state index contributed by atoms with van der Waals surface area (Å²) in [5.41, 5.74) is 4.88. The first-order valence-corrected chi connectivity index (χ1v) is 15.5. The first-order chi connectivity index (χ1) is 19.9. The van der Waals surface area contributed by atoms with Gasteiger partial charge in [-0.2, -0.15) is 0 Å². The van der Waals surface area contributed by atoms with Crippen LogP contribution in [0, 0.1) is 0 Å². The third-order valence-electron chi connectivity index (χ3n) is 7.70. The second kappa shape index (κ2) is 12.8. The van der Waals surface area contributed by atoms with Crippen molar-refractivity contribution in [1.29, 1.82) is 0 Å². The van der Waals surface area contributed by atoms with Crippen LogP contribution in [0.3, 0.4) is 0 Å². The number of hydrogen-bond donors (Lipinski definition) is 3. The molecule has 1 aliphatic heterocycles. The summed E-state index contributed by atoms with van der Waals surface area (Å²) in [6, 6.07) is 33.3. The predicted octanol–water partition coefficient (Wildman–Crippen LogP) is 5.52. The summed E-state index contributed by atoms with van der Waals surface area (Å²) in [7, 11) is -4.04. The molecular formula is C33H35N2O5P. The molecule has 3 atom stereocenters. The zero-order valence-electron chi connectivity index (χ0n) is 22.8. The van der Waals surface area contributed by atoms with Gasteiger partial charge in [-0.25, -0.2) is 4.79 Å². The van der Waals surface area contributed by atoms with Crippen molar-refractivity contribution in [2.45, 2.75) is 50.7 Å². The molecule has 0 aliphatic carbocycles. The van der Waals surface area contributed by atoms with E-state index in [9.17, 15) is 24.5 Å². The SMILES string of the molecule is O=C1N(Cc2ccc(CO)cc2)[C@@H](Cc2ccccc2)P(=O)(O)[C@@H](Cc2ccccc2)N1Cc1ccc(CO)cc1. The lowest BCUT2D eigenvalue weighted by molar-refractivity contribution is 0.112. The summed E-state index contributed by atoms with van der Waals surface area (Å²) >= 11 is 0. The fourth-order valence-corrected chi connectivity index (χ4v) is 7.89. The van der Waals surface area contributed by atoms with Crippen molar-refractivity contribution in [1.82, 2.24) is 9.80 Å². The Labute approximate surface area is 240 Å². The minimum absolute atomic E-state index is 0.0879. The Hall–Kier alpha value is -3.74. The molecule has 1 heterocycles. The highest BCUT2D eigenvalue weighted by Gasteiger charge is 2.53. The average molecular weight is 571 g/mol. The molecule has 2 amide bonds. The Balaban J connectivity index is 1.56. The minimum Gasteiger partial charge on any atom is -0.392 e. The molecule has 4 aromatic rings. The fraction of sp³-hybridized carbons (Fsp3) is 0.242. The number of amides is 2. The van der Waals surface area contributed by atoms with E-state index >= 15 is 0 Å². The van der Waals surface area contributed by atoms with Crippen molar-refractivity contribution >= 4 is 13.4 Å². The van der Waals surface area contributed by atoms with Gasteiger partial charge in [-0.15, -0.1) is 0 Å². The van der Waals surface area contributed by atoms with Gasteiger partial charge in [-0.05, 0) is 33.4 Å². The first kappa shape index (κ1) is 28.8. The van der Waals surface area contributed by atoms with Gasteiger partial charge in [0.15, 0.2) is 0 Å². The highest BCUT2D eigenvalue weighted by molar-refractivity contribution is 7.59. The van der Waals surface area contributed by atoms with Gasteiger partial charge in [0, 0.05) is 25.9 Å². The Morgan fingerprint density at radius 1 is 0.537 bits per heavy atom. The van der Waals surface area contributed by atoms with E-state index < -0.39 is 18.9 Å². The number of nitrogens with zero attached hydrogens (tertiary/aromatic N) is 2. The van der Waals surface area contributed by atoms with Crippen LogP contribution in [0.2, 0.25) is 0 Å². The molecule has 0 aromatic heterocycles. The topological polar surface area (TPSA) is 101 Å². The van der Waals surface area contributed by atoms with E-state index in [0.29, 0.717) is 0 Å². The smallest absolute Gasteiger partial charge is 0.322 e. The summed E-state index contributed by atoms with van der Waals surface area (Å²) in [6.45, 7) is 0.139. The van der Waals surface area contributed by atoms with Gasteiger partial charge in [-0.3, -0.25) is 4.57 Å². The average Bonchev–Trinajstić information content (AvgIpc) is 3.01. The molecule has 41 heavy (non-hydrogen) atoms. The molecule has 8 heteroatoms. The molecule has 0 radical (unpaired) electrons. The second-order valence-corrected chi connectivity index (χ2v) is 13.0. The summed E-state index contributed by atoms with van der Waals surface area (Å²) in [6.07, 6.45) is 0.499. The molecular weight excluding hydrogens is 535 g/mol. The quantitative estimate of drug-likeness (QED) is 0.218. The molecule has 4 aromatic carbocycles. The minimum atomic E-state index is -4.04. The zero-order chi connectivity index (χ0) is 28.8. The maximum absolute atomic E-state index is 14.7. The van der Waals surface area contributed by atoms with E-state index in [1.807, 2.05) is 84.9 Å². The Morgan fingerprint density at radius 3 is 1.22 bits per heavy atom. The molecule has 1 saturated heterocycles. The van der Waals surface area contributed by atoms with Crippen LogP contribution in [-0.4, -0.2) is 42.5 Å². The van der Waals surface area contributed by atoms with Crippen molar-refractivity contribution in [2.24, 2.45) is 0 Å². The Kier molecular flexibility index (Phi) is 9.01. The molecule has 0 bridgehead atoms. The number of carbonyl (C=O) groups excluding carboxylic acids is 1. The molecule has 1 unspecified atom stereocenters. The molecule has 1 aliphatic rings. The number of urea groups is 1. The zero-order valence-corrected chi connectivity index (χ0v) is 23.7. The lowest BCUT2D eigenvalue weighted by Crippen LogP contribution is -2.58. The van der Waals surface area contributed by atoms with E-state index in [0.717, 1.165) is 33.4 Å². The summed E-state index contributed by atoms with van der Waals surface area (Å²) < 4.78 is 14.7. The molecule has 0 saturated carbocycles. The largest absolute Gasteiger partial charge is 0.392 e. The van der Waals surface area contributed by atoms with Crippen molar-refractivity contribution < 1.29 is 24.5 Å². The van der Waals surface area contributed by atoms with E-state index in [4.69, 9.17) is 0 Å². The lowest BCUT2D eigenvalue weighted by atomic mass is 10.1. The van der Waals surface area contributed by atoms with E-state index in [2.05, 4.69) is 0 Å². The molecule has 1 fully saturated rings. The second-order valence-electron chi connectivity index (χ2n) is 10.5. The van der Waals surface area contributed by atoms with Crippen molar-refractivity contribution in [3.8, 4) is 0 Å². The van der Waals surface area contributed by atoms with Gasteiger partial charge in [0.2, 0.25) is 7.37 Å². The Bertz CT molecular complexity index is 1370. The number of aliphatic hydroxyl groups is 2. The number of carbonyl (C=O) groups is 1. The van der Waals surface area contributed by atoms with Crippen LogP contribution in [0.5, 0.6) is 0 Å². The van der Waals surface area contributed by atoms with Gasteiger partial charge in [0.1, 0.15) is 11.6 Å². The Morgan fingerprint density at radius 2 is 0.878 bits per heavy atom. The summed E-state index contributed by atoms with van der Waals surface area (Å²) in [4.78, 5) is 29.6. The number of hydrogen-bond acceptors (Lipinski definition) is 4. The summed E-state index contributed by atoms with van der Waals surface area (Å²) in [5, 5.41) is 18.9. The standard InChI is InChI=1S/C33H35N2O5P/c36-23-29-15-11-27(12-16-29)21-34-31(19-25-7-3-1-4-8-25)41(39,40)32(20-26-9-5-2-6-10-26)35(33(34)38)22-28-13-17-30(24-37)18-14-28/h1-18,31-32,36-37H,19-24H2,(H,39,40)/t31-,32+. The highest BCUT2D eigenvalue weighted by Crippen LogP contribution is 2.59. The van der Waals surface area contributed by atoms with E-state index in [-0.39, 0.29) is 45.2 Å². The molecule has 3 N–H and O–H groups in total. The first-order valence-electron chi connectivity index (χ1n) is 13.7. The van der Waals surface area contributed by atoms with Crippen LogP contribution in [0.1, 0.15) is 33.4 Å².